The number of amides is 2. The van der Waals surface area contributed by atoms with E-state index in [9.17, 15) is 22.8 Å². The van der Waals surface area contributed by atoms with Crippen LogP contribution in [0, 0.1) is 17.4 Å². The quantitative estimate of drug-likeness (QED) is 0.314. The average Bonchev–Trinajstić information content (AvgIpc) is 3.42. The average molecular weight is 617 g/mol. The Kier molecular flexibility index (Phi) is 6.61. The van der Waals surface area contributed by atoms with Crippen LogP contribution < -0.4 is 11.1 Å². The van der Waals surface area contributed by atoms with E-state index in [1.165, 1.54) is 10.9 Å². The van der Waals surface area contributed by atoms with Gasteiger partial charge in [-0.15, -0.1) is 11.3 Å². The number of nitrogens with zero attached hydrogens (tertiary/aromatic N) is 5. The van der Waals surface area contributed by atoms with Gasteiger partial charge < -0.3 is 11.1 Å². The topological polar surface area (TPSA) is 121 Å². The molecule has 0 unspecified atom stereocenters. The van der Waals surface area contributed by atoms with Gasteiger partial charge in [-0.3, -0.25) is 19.0 Å². The van der Waals surface area contributed by atoms with Gasteiger partial charge in [0.1, 0.15) is 15.4 Å². The fraction of sp³-hybridized carbons (Fsp3) is 0.286. The molecule has 0 aliphatic heterocycles. The number of hydrogen-bond donors (Lipinski definition) is 2. The molecule has 184 valence electrons. The van der Waals surface area contributed by atoms with E-state index < -0.39 is 23.7 Å². The first-order valence-electron chi connectivity index (χ1n) is 10.2. The lowest BCUT2D eigenvalue weighted by atomic mass is 10.0. The van der Waals surface area contributed by atoms with Crippen molar-refractivity contribution >= 4 is 61.6 Å². The smallest absolute Gasteiger partial charge is 0.365 e. The van der Waals surface area contributed by atoms with Crippen LogP contribution in [0.2, 0.25) is 0 Å². The number of hydrogen-bond acceptors (Lipinski definition) is 6. The summed E-state index contributed by atoms with van der Waals surface area (Å²) >= 11 is 2.83. The Bertz CT molecular complexity index is 1470. The normalized spacial score (nSPS) is 11.9. The molecule has 0 aromatic carbocycles. The number of nitrogens with two attached hydrogens (primary N) is 1. The third kappa shape index (κ3) is 4.76. The minimum atomic E-state index is -4.72. The number of primary amides is 1. The summed E-state index contributed by atoms with van der Waals surface area (Å²) in [5, 5.41) is 11.2. The monoisotopic (exact) mass is 617 g/mol. The zero-order valence-corrected chi connectivity index (χ0v) is 21.7. The number of nitrogens with one attached hydrogen (secondary N) is 1. The number of anilines is 1. The summed E-state index contributed by atoms with van der Waals surface area (Å²) < 4.78 is 45.1. The molecule has 4 heterocycles. The number of pyridine rings is 1. The Morgan fingerprint density at radius 1 is 1.17 bits per heavy atom. The first kappa shape index (κ1) is 25.1. The number of aromatic nitrogens is 5. The molecule has 0 saturated heterocycles. The van der Waals surface area contributed by atoms with Crippen LogP contribution in [0.15, 0.2) is 18.5 Å². The van der Waals surface area contributed by atoms with Crippen LogP contribution in [-0.2, 0) is 24.6 Å². The lowest BCUT2D eigenvalue weighted by Gasteiger charge is -2.12. The minimum Gasteiger partial charge on any atom is -0.365 e. The first-order chi connectivity index (χ1) is 16.4. The number of alkyl halides is 3. The summed E-state index contributed by atoms with van der Waals surface area (Å²) in [6.07, 6.45) is -1.60. The largest absolute Gasteiger partial charge is 0.433 e. The number of rotatable bonds is 6. The van der Waals surface area contributed by atoms with E-state index in [-0.39, 0.29) is 39.3 Å². The van der Waals surface area contributed by atoms with Crippen LogP contribution in [0.25, 0.3) is 21.3 Å². The molecule has 0 saturated carbocycles. The number of fused-ring (bicyclic) bond motifs is 1. The molecule has 4 aromatic rings. The predicted molar refractivity (Wildman–Crippen MR) is 133 cm³/mol. The molecule has 2 amide bonds. The molecule has 0 aliphatic rings. The Hall–Kier alpha value is -3.01. The summed E-state index contributed by atoms with van der Waals surface area (Å²) in [7, 11) is 1.66. The number of aryl methyl sites for hydroxylation is 2. The van der Waals surface area contributed by atoms with E-state index in [0.29, 0.717) is 22.6 Å². The van der Waals surface area contributed by atoms with Crippen molar-refractivity contribution in [3.05, 3.63) is 44.0 Å². The second-order valence-electron chi connectivity index (χ2n) is 7.77. The summed E-state index contributed by atoms with van der Waals surface area (Å²) in [5.41, 5.74) is 6.49. The third-order valence-corrected chi connectivity index (χ3v) is 7.72. The molecule has 0 radical (unpaired) electrons. The highest BCUT2D eigenvalue weighted by Gasteiger charge is 2.35. The Labute approximate surface area is 214 Å². The molecular formula is C21H19F3IN7O2S. The maximum atomic E-state index is 13.6. The van der Waals surface area contributed by atoms with E-state index in [0.717, 1.165) is 15.3 Å². The number of halogens is 4. The molecule has 3 N–H and O–H groups in total. The van der Waals surface area contributed by atoms with Crippen molar-refractivity contribution in [3.8, 4) is 11.1 Å². The van der Waals surface area contributed by atoms with Gasteiger partial charge >= 0.3 is 6.18 Å². The van der Waals surface area contributed by atoms with Crippen molar-refractivity contribution in [2.24, 2.45) is 12.8 Å². The van der Waals surface area contributed by atoms with Gasteiger partial charge in [0.25, 0.3) is 5.91 Å². The highest BCUT2D eigenvalue weighted by atomic mass is 127. The van der Waals surface area contributed by atoms with Crippen molar-refractivity contribution in [2.75, 3.05) is 5.32 Å². The second-order valence-corrected chi connectivity index (χ2v) is 9.93. The van der Waals surface area contributed by atoms with Gasteiger partial charge in [-0.25, -0.2) is 4.98 Å². The summed E-state index contributed by atoms with van der Waals surface area (Å²) in [6.45, 7) is 3.85. The molecule has 4 rings (SSSR count). The van der Waals surface area contributed by atoms with Crippen LogP contribution in [0.3, 0.4) is 0 Å². The van der Waals surface area contributed by atoms with Crippen molar-refractivity contribution in [2.45, 2.75) is 33.0 Å². The molecular weight excluding hydrogens is 598 g/mol. The number of carbonyl (C=O) groups excluding carboxylic acids is 2. The third-order valence-electron chi connectivity index (χ3n) is 5.56. The van der Waals surface area contributed by atoms with Crippen LogP contribution in [0.5, 0.6) is 0 Å². The molecule has 35 heavy (non-hydrogen) atoms. The highest BCUT2D eigenvalue weighted by molar-refractivity contribution is 14.1. The molecule has 14 heteroatoms. The molecule has 4 aromatic heterocycles. The van der Waals surface area contributed by atoms with Gasteiger partial charge in [0.05, 0.1) is 28.2 Å². The van der Waals surface area contributed by atoms with Crippen molar-refractivity contribution < 1.29 is 22.8 Å². The maximum Gasteiger partial charge on any atom is 0.433 e. The van der Waals surface area contributed by atoms with Crippen molar-refractivity contribution in [1.82, 2.24) is 24.5 Å². The van der Waals surface area contributed by atoms with E-state index in [4.69, 9.17) is 5.73 Å². The van der Waals surface area contributed by atoms with E-state index in [1.54, 1.807) is 24.9 Å². The Morgan fingerprint density at radius 2 is 1.89 bits per heavy atom. The van der Waals surface area contributed by atoms with Gasteiger partial charge in [-0.1, -0.05) is 0 Å². The fourth-order valence-electron chi connectivity index (χ4n) is 3.57. The summed E-state index contributed by atoms with van der Waals surface area (Å²) in [4.78, 5) is 28.6. The van der Waals surface area contributed by atoms with Gasteiger partial charge in [-0.2, -0.15) is 23.4 Å². The zero-order valence-electron chi connectivity index (χ0n) is 18.7. The highest BCUT2D eigenvalue weighted by Crippen LogP contribution is 2.44. The van der Waals surface area contributed by atoms with Gasteiger partial charge in [0.15, 0.2) is 0 Å². The van der Waals surface area contributed by atoms with Gasteiger partial charge in [0.2, 0.25) is 5.91 Å². The molecule has 0 atom stereocenters. The summed E-state index contributed by atoms with van der Waals surface area (Å²) in [6, 6.07) is 0.897. The zero-order chi connectivity index (χ0) is 25.7. The maximum absolute atomic E-state index is 13.6. The van der Waals surface area contributed by atoms with Gasteiger partial charge in [0, 0.05) is 35.8 Å². The molecule has 0 fully saturated rings. The van der Waals surface area contributed by atoms with Crippen LogP contribution >= 0.6 is 33.9 Å². The Morgan fingerprint density at radius 3 is 2.43 bits per heavy atom. The van der Waals surface area contributed by atoms with Crippen LogP contribution in [0.1, 0.15) is 33.2 Å². The summed E-state index contributed by atoms with van der Waals surface area (Å²) in [5.74, 6) is -1.34. The number of thiophene rings is 1. The molecule has 0 aliphatic carbocycles. The van der Waals surface area contributed by atoms with Crippen molar-refractivity contribution in [3.63, 3.8) is 0 Å². The molecule has 0 bridgehead atoms. The fourth-order valence-corrected chi connectivity index (χ4v) is 4.98. The van der Waals surface area contributed by atoms with E-state index in [2.05, 4.69) is 43.1 Å². The lowest BCUT2D eigenvalue weighted by molar-refractivity contribution is -0.140. The predicted octanol–water partition coefficient (Wildman–Crippen LogP) is 4.26. The van der Waals surface area contributed by atoms with Crippen LogP contribution in [-0.4, -0.2) is 36.4 Å². The Balaban J connectivity index is 1.83. The number of carbonyl (C=O) groups is 2. The second kappa shape index (κ2) is 9.22. The lowest BCUT2D eigenvalue weighted by Crippen LogP contribution is -2.18. The minimum absolute atomic E-state index is 0.0173. The van der Waals surface area contributed by atoms with Gasteiger partial charge in [-0.05, 0) is 48.1 Å². The van der Waals surface area contributed by atoms with E-state index >= 15 is 0 Å². The molecule has 0 spiro atoms. The standard InChI is InChI=1S/C21H19F3IN7O2S/c1-9-12(7-27-31(9)3)11-6-14(21(22,23)24)29-20-16(11)17(18(35-20)19(26)34)30-15(33)4-5-32-10(2)13(25)8-28-32/h6-8H,4-5H2,1-3H3,(H2,26,34)(H,30,33). The molecule has 9 nitrogen and oxygen atoms in total. The van der Waals surface area contributed by atoms with E-state index in [1.807, 2.05) is 6.92 Å². The van der Waals surface area contributed by atoms with Crippen molar-refractivity contribution in [1.29, 1.82) is 0 Å². The SMILES string of the molecule is Cc1c(-c2cc(C(F)(F)F)nc3sc(C(N)=O)c(NC(=O)CCn4ncc(I)c4C)c23)cnn1C. The first-order valence-corrected chi connectivity index (χ1v) is 12.1. The van der Waals surface area contributed by atoms with Crippen LogP contribution in [0.4, 0.5) is 18.9 Å².